The highest BCUT2D eigenvalue weighted by atomic mass is 35.5. The SMILES string of the molecule is N[C@@H](Cc1ccc(Cl)c(Cl)c1)C(=O)Nc1ccc2[nH]ncc2c1. The largest absolute Gasteiger partial charge is 0.325 e. The molecule has 0 unspecified atom stereocenters. The number of nitrogens with one attached hydrogen (secondary N) is 2. The zero-order chi connectivity index (χ0) is 16.4. The second-order valence-corrected chi connectivity index (χ2v) is 6.03. The molecule has 5 nitrogen and oxygen atoms in total. The van der Waals surface area contributed by atoms with Gasteiger partial charge in [-0.05, 0) is 42.3 Å². The molecule has 0 radical (unpaired) electrons. The van der Waals surface area contributed by atoms with Gasteiger partial charge in [0.25, 0.3) is 0 Å². The summed E-state index contributed by atoms with van der Waals surface area (Å²) >= 11 is 11.8. The highest BCUT2D eigenvalue weighted by Gasteiger charge is 2.15. The Labute approximate surface area is 142 Å². The third-order valence-electron chi connectivity index (χ3n) is 3.48. The van der Waals surface area contributed by atoms with Gasteiger partial charge in [0, 0.05) is 11.1 Å². The van der Waals surface area contributed by atoms with Crippen LogP contribution in [0.5, 0.6) is 0 Å². The van der Waals surface area contributed by atoms with Crippen molar-refractivity contribution in [3.8, 4) is 0 Å². The average Bonchev–Trinajstić information content (AvgIpc) is 2.98. The molecule has 2 aromatic carbocycles. The van der Waals surface area contributed by atoms with Crippen LogP contribution in [0, 0.1) is 0 Å². The van der Waals surface area contributed by atoms with Crippen LogP contribution in [0.25, 0.3) is 10.9 Å². The first-order chi connectivity index (χ1) is 11.0. The number of nitrogens with two attached hydrogens (primary N) is 1. The lowest BCUT2D eigenvalue weighted by atomic mass is 10.1. The molecular weight excluding hydrogens is 335 g/mol. The Hall–Kier alpha value is -2.08. The molecule has 0 fully saturated rings. The number of fused-ring (bicyclic) bond motifs is 1. The fourth-order valence-corrected chi connectivity index (χ4v) is 2.59. The molecule has 3 rings (SSSR count). The van der Waals surface area contributed by atoms with E-state index in [1.807, 2.05) is 12.1 Å². The zero-order valence-corrected chi connectivity index (χ0v) is 13.5. The number of hydrogen-bond acceptors (Lipinski definition) is 3. The van der Waals surface area contributed by atoms with Crippen molar-refractivity contribution < 1.29 is 4.79 Å². The number of amides is 1. The summed E-state index contributed by atoms with van der Waals surface area (Å²) in [7, 11) is 0. The maximum absolute atomic E-state index is 12.2. The van der Waals surface area contributed by atoms with Crippen molar-refractivity contribution in [1.29, 1.82) is 0 Å². The lowest BCUT2D eigenvalue weighted by molar-refractivity contribution is -0.117. The number of hydrogen-bond donors (Lipinski definition) is 3. The van der Waals surface area contributed by atoms with E-state index in [4.69, 9.17) is 28.9 Å². The summed E-state index contributed by atoms with van der Waals surface area (Å²) in [5, 5.41) is 11.4. The topological polar surface area (TPSA) is 83.8 Å². The van der Waals surface area contributed by atoms with Crippen LogP contribution in [0.15, 0.2) is 42.6 Å². The van der Waals surface area contributed by atoms with Crippen molar-refractivity contribution in [3.05, 3.63) is 58.2 Å². The molecule has 0 bridgehead atoms. The number of benzene rings is 2. The van der Waals surface area contributed by atoms with E-state index in [0.717, 1.165) is 16.5 Å². The first-order valence-electron chi connectivity index (χ1n) is 6.96. The smallest absolute Gasteiger partial charge is 0.241 e. The van der Waals surface area contributed by atoms with Crippen molar-refractivity contribution in [1.82, 2.24) is 10.2 Å². The molecule has 4 N–H and O–H groups in total. The summed E-state index contributed by atoms with van der Waals surface area (Å²) < 4.78 is 0. The summed E-state index contributed by atoms with van der Waals surface area (Å²) in [5.41, 5.74) is 8.41. The fraction of sp³-hybridized carbons (Fsp3) is 0.125. The van der Waals surface area contributed by atoms with Gasteiger partial charge in [-0.25, -0.2) is 0 Å². The normalized spacial score (nSPS) is 12.3. The summed E-state index contributed by atoms with van der Waals surface area (Å²) in [4.78, 5) is 12.2. The van der Waals surface area contributed by atoms with Crippen molar-refractivity contribution in [2.24, 2.45) is 5.73 Å². The van der Waals surface area contributed by atoms with Crippen molar-refractivity contribution in [3.63, 3.8) is 0 Å². The summed E-state index contributed by atoms with van der Waals surface area (Å²) in [5.74, 6) is -0.265. The van der Waals surface area contributed by atoms with E-state index in [9.17, 15) is 4.79 Å². The molecule has 23 heavy (non-hydrogen) atoms. The predicted octanol–water partition coefficient (Wildman–Crippen LogP) is 3.38. The van der Waals surface area contributed by atoms with Crippen molar-refractivity contribution in [2.75, 3.05) is 5.32 Å². The Bertz CT molecular complexity index is 862. The van der Waals surface area contributed by atoms with Gasteiger partial charge in [0.15, 0.2) is 0 Å². The average molecular weight is 349 g/mol. The first kappa shape index (κ1) is 15.8. The number of rotatable bonds is 4. The molecule has 0 spiro atoms. The molecule has 1 aromatic heterocycles. The maximum Gasteiger partial charge on any atom is 0.241 e. The Morgan fingerprint density at radius 2 is 2.04 bits per heavy atom. The van der Waals surface area contributed by atoms with Gasteiger partial charge in [-0.15, -0.1) is 0 Å². The van der Waals surface area contributed by atoms with Crippen LogP contribution >= 0.6 is 23.2 Å². The molecular formula is C16H14Cl2N4O. The molecule has 0 aliphatic carbocycles. The molecule has 0 saturated carbocycles. The number of carbonyl (C=O) groups is 1. The third-order valence-corrected chi connectivity index (χ3v) is 4.22. The summed E-state index contributed by atoms with van der Waals surface area (Å²) in [6.45, 7) is 0. The Kier molecular flexibility index (Phi) is 4.52. The third kappa shape index (κ3) is 3.64. The minimum absolute atomic E-state index is 0.265. The minimum atomic E-state index is -0.688. The number of halogens is 2. The minimum Gasteiger partial charge on any atom is -0.325 e. The van der Waals surface area contributed by atoms with Gasteiger partial charge >= 0.3 is 0 Å². The molecule has 0 saturated heterocycles. The number of carbonyl (C=O) groups excluding carboxylic acids is 1. The second-order valence-electron chi connectivity index (χ2n) is 5.22. The van der Waals surface area contributed by atoms with E-state index >= 15 is 0 Å². The van der Waals surface area contributed by atoms with Crippen LogP contribution in [0.2, 0.25) is 10.0 Å². The monoisotopic (exact) mass is 348 g/mol. The van der Waals surface area contributed by atoms with E-state index in [0.29, 0.717) is 22.2 Å². The molecule has 0 aliphatic rings. The fourth-order valence-electron chi connectivity index (χ4n) is 2.27. The first-order valence-corrected chi connectivity index (χ1v) is 7.72. The molecule has 7 heteroatoms. The van der Waals surface area contributed by atoms with Gasteiger partial charge in [0.1, 0.15) is 0 Å². The number of anilines is 1. The number of nitrogens with zero attached hydrogens (tertiary/aromatic N) is 1. The van der Waals surface area contributed by atoms with E-state index in [-0.39, 0.29) is 5.91 Å². The standard InChI is InChI=1S/C16H14Cl2N4O/c17-12-3-1-9(5-13(12)18)6-14(19)16(23)21-11-2-4-15-10(7-11)8-20-22-15/h1-5,7-8,14H,6,19H2,(H,20,22)(H,21,23)/t14-/m0/s1. The highest BCUT2D eigenvalue weighted by molar-refractivity contribution is 6.42. The maximum atomic E-state index is 12.2. The Morgan fingerprint density at radius 3 is 2.83 bits per heavy atom. The van der Waals surface area contributed by atoms with Crippen LogP contribution in [0.4, 0.5) is 5.69 Å². The number of aromatic nitrogens is 2. The molecule has 1 amide bonds. The number of H-pyrrole nitrogens is 1. The van der Waals surface area contributed by atoms with Crippen LogP contribution in [-0.4, -0.2) is 22.1 Å². The van der Waals surface area contributed by atoms with Gasteiger partial charge in [-0.1, -0.05) is 29.3 Å². The van der Waals surface area contributed by atoms with Crippen LogP contribution in [-0.2, 0) is 11.2 Å². The summed E-state index contributed by atoms with van der Waals surface area (Å²) in [6.07, 6.45) is 2.07. The molecule has 1 heterocycles. The molecule has 1 atom stereocenters. The van der Waals surface area contributed by atoms with E-state index in [1.165, 1.54) is 0 Å². The van der Waals surface area contributed by atoms with Gasteiger partial charge in [0.2, 0.25) is 5.91 Å². The number of aromatic amines is 1. The summed E-state index contributed by atoms with van der Waals surface area (Å²) in [6, 6.07) is 10.0. The van der Waals surface area contributed by atoms with Gasteiger partial charge < -0.3 is 11.1 Å². The second kappa shape index (κ2) is 6.58. The van der Waals surface area contributed by atoms with Gasteiger partial charge in [0.05, 0.1) is 27.8 Å². The Balaban J connectivity index is 1.67. The Morgan fingerprint density at radius 1 is 1.22 bits per heavy atom. The quantitative estimate of drug-likeness (QED) is 0.675. The van der Waals surface area contributed by atoms with E-state index < -0.39 is 6.04 Å². The lowest BCUT2D eigenvalue weighted by Crippen LogP contribution is -2.37. The van der Waals surface area contributed by atoms with Crippen LogP contribution in [0.3, 0.4) is 0 Å². The van der Waals surface area contributed by atoms with Gasteiger partial charge in [-0.3, -0.25) is 9.89 Å². The molecule has 0 aliphatic heterocycles. The predicted molar refractivity (Wildman–Crippen MR) is 92.9 cm³/mol. The van der Waals surface area contributed by atoms with Gasteiger partial charge in [-0.2, -0.15) is 5.10 Å². The molecule has 3 aromatic rings. The molecule has 118 valence electrons. The lowest BCUT2D eigenvalue weighted by Gasteiger charge is -2.13. The van der Waals surface area contributed by atoms with Crippen molar-refractivity contribution >= 4 is 45.7 Å². The van der Waals surface area contributed by atoms with E-state index in [2.05, 4.69) is 15.5 Å². The van der Waals surface area contributed by atoms with Crippen LogP contribution < -0.4 is 11.1 Å². The van der Waals surface area contributed by atoms with Crippen LogP contribution in [0.1, 0.15) is 5.56 Å². The van der Waals surface area contributed by atoms with Crippen molar-refractivity contribution in [2.45, 2.75) is 12.5 Å². The van der Waals surface area contributed by atoms with E-state index in [1.54, 1.807) is 30.5 Å². The highest BCUT2D eigenvalue weighted by Crippen LogP contribution is 2.23. The zero-order valence-electron chi connectivity index (χ0n) is 12.0.